The first-order chi connectivity index (χ1) is 16.6. The molecule has 0 unspecified atom stereocenters. The van der Waals surface area contributed by atoms with Crippen molar-refractivity contribution in [3.63, 3.8) is 0 Å². The van der Waals surface area contributed by atoms with Gasteiger partial charge in [-0.05, 0) is 29.3 Å². The van der Waals surface area contributed by atoms with Crippen LogP contribution in [-0.4, -0.2) is 30.3 Å². The molecule has 0 saturated carbocycles. The Hall–Kier alpha value is -4.30. The summed E-state index contributed by atoms with van der Waals surface area (Å²) in [5.41, 5.74) is 6.44. The number of benzene rings is 3. The van der Waals surface area contributed by atoms with Crippen LogP contribution in [0.2, 0.25) is 0 Å². The van der Waals surface area contributed by atoms with Gasteiger partial charge in [0.05, 0.1) is 19.1 Å². The van der Waals surface area contributed by atoms with Crippen LogP contribution in [0.25, 0.3) is 10.9 Å². The molecule has 172 valence electrons. The van der Waals surface area contributed by atoms with Gasteiger partial charge in [-0.1, -0.05) is 42.5 Å². The molecule has 0 spiro atoms. The number of hydrogen-bond donors (Lipinski definition) is 2. The van der Waals surface area contributed by atoms with Crippen LogP contribution in [0.15, 0.2) is 72.9 Å². The molecule has 1 aliphatic heterocycles. The van der Waals surface area contributed by atoms with E-state index >= 15 is 0 Å². The van der Waals surface area contributed by atoms with Gasteiger partial charge in [-0.2, -0.15) is 0 Å². The highest BCUT2D eigenvalue weighted by Crippen LogP contribution is 2.34. The summed E-state index contributed by atoms with van der Waals surface area (Å²) in [5.74, 6) is 0.876. The standard InChI is InChI=1S/C26H23N3O5/c1-32-28-25(30)12-17-6-8-18(9-7-17)14-29-15-21(20-4-2-3-5-22(20)29)26(31)27-19-10-11-23-24(13-19)34-16-33-23/h2-11,13,15H,12,14,16H2,1H3,(H,27,31)(H,28,30). The number of carbonyl (C=O) groups is 2. The molecule has 34 heavy (non-hydrogen) atoms. The number of ether oxygens (including phenoxy) is 2. The molecule has 3 aromatic carbocycles. The fraction of sp³-hybridized carbons (Fsp3) is 0.154. The molecule has 2 heterocycles. The van der Waals surface area contributed by atoms with E-state index in [1.807, 2.05) is 54.7 Å². The Morgan fingerprint density at radius 3 is 2.56 bits per heavy atom. The van der Waals surface area contributed by atoms with Crippen molar-refractivity contribution in [2.45, 2.75) is 13.0 Å². The molecule has 0 bridgehead atoms. The zero-order chi connectivity index (χ0) is 23.5. The molecule has 0 fully saturated rings. The fourth-order valence-corrected chi connectivity index (χ4v) is 4.03. The molecule has 2 N–H and O–H groups in total. The molecule has 8 heteroatoms. The Kier molecular flexibility index (Phi) is 5.88. The second-order valence-electron chi connectivity index (χ2n) is 7.93. The van der Waals surface area contributed by atoms with Gasteiger partial charge in [-0.15, -0.1) is 0 Å². The normalized spacial score (nSPS) is 12.0. The molecule has 1 aromatic heterocycles. The van der Waals surface area contributed by atoms with E-state index in [1.165, 1.54) is 7.11 Å². The van der Waals surface area contributed by atoms with Gasteiger partial charge in [-0.3, -0.25) is 14.4 Å². The summed E-state index contributed by atoms with van der Waals surface area (Å²) in [7, 11) is 1.41. The predicted octanol–water partition coefficient (Wildman–Crippen LogP) is 3.89. The van der Waals surface area contributed by atoms with Crippen LogP contribution in [0.5, 0.6) is 11.5 Å². The summed E-state index contributed by atoms with van der Waals surface area (Å²) in [6.45, 7) is 0.768. The summed E-state index contributed by atoms with van der Waals surface area (Å²) in [4.78, 5) is 29.5. The maximum absolute atomic E-state index is 13.2. The van der Waals surface area contributed by atoms with Crippen molar-refractivity contribution in [3.8, 4) is 11.5 Å². The first-order valence-corrected chi connectivity index (χ1v) is 10.8. The van der Waals surface area contributed by atoms with Crippen LogP contribution in [0.4, 0.5) is 5.69 Å². The minimum atomic E-state index is -0.204. The largest absolute Gasteiger partial charge is 0.454 e. The maximum Gasteiger partial charge on any atom is 0.257 e. The highest BCUT2D eigenvalue weighted by atomic mass is 16.7. The molecule has 1 aliphatic rings. The Balaban J connectivity index is 1.36. The van der Waals surface area contributed by atoms with E-state index in [0.717, 1.165) is 22.0 Å². The van der Waals surface area contributed by atoms with Crippen LogP contribution in [0.3, 0.4) is 0 Å². The van der Waals surface area contributed by atoms with Gasteiger partial charge < -0.3 is 19.4 Å². The van der Waals surface area contributed by atoms with Gasteiger partial charge in [0, 0.05) is 35.4 Å². The van der Waals surface area contributed by atoms with Gasteiger partial charge in [0.2, 0.25) is 12.7 Å². The lowest BCUT2D eigenvalue weighted by Crippen LogP contribution is -2.23. The number of fused-ring (bicyclic) bond motifs is 2. The zero-order valence-electron chi connectivity index (χ0n) is 18.5. The smallest absolute Gasteiger partial charge is 0.257 e. The summed E-state index contributed by atoms with van der Waals surface area (Å²) >= 11 is 0. The number of carbonyl (C=O) groups excluding carboxylic acids is 2. The minimum absolute atomic E-state index is 0.182. The molecular formula is C26H23N3O5. The van der Waals surface area contributed by atoms with Gasteiger partial charge in [0.1, 0.15) is 0 Å². The summed E-state index contributed by atoms with van der Waals surface area (Å²) in [5, 5.41) is 3.83. The molecule has 0 aliphatic carbocycles. The number of amides is 2. The third-order valence-corrected chi connectivity index (χ3v) is 5.62. The molecule has 8 nitrogen and oxygen atoms in total. The van der Waals surface area contributed by atoms with E-state index in [0.29, 0.717) is 29.3 Å². The van der Waals surface area contributed by atoms with Crippen molar-refractivity contribution in [2.75, 3.05) is 19.2 Å². The van der Waals surface area contributed by atoms with E-state index in [-0.39, 0.29) is 25.0 Å². The summed E-state index contributed by atoms with van der Waals surface area (Å²) < 4.78 is 12.8. The quantitative estimate of drug-likeness (QED) is 0.411. The van der Waals surface area contributed by atoms with E-state index < -0.39 is 0 Å². The van der Waals surface area contributed by atoms with Crippen molar-refractivity contribution >= 4 is 28.4 Å². The lowest BCUT2D eigenvalue weighted by atomic mass is 10.1. The molecule has 2 amide bonds. The van der Waals surface area contributed by atoms with Gasteiger partial charge in [0.15, 0.2) is 11.5 Å². The number of rotatable bonds is 7. The predicted molar refractivity (Wildman–Crippen MR) is 127 cm³/mol. The van der Waals surface area contributed by atoms with Gasteiger partial charge in [-0.25, -0.2) is 5.48 Å². The Morgan fingerprint density at radius 1 is 0.971 bits per heavy atom. The van der Waals surface area contributed by atoms with Crippen molar-refractivity contribution in [1.82, 2.24) is 10.0 Å². The summed E-state index contributed by atoms with van der Waals surface area (Å²) in [6, 6.07) is 20.9. The van der Waals surface area contributed by atoms with Crippen molar-refractivity contribution in [3.05, 3.63) is 89.6 Å². The number of hydroxylamine groups is 1. The Labute approximate surface area is 196 Å². The average molecular weight is 457 g/mol. The number of nitrogens with one attached hydrogen (secondary N) is 2. The number of nitrogens with zero attached hydrogens (tertiary/aromatic N) is 1. The van der Waals surface area contributed by atoms with Crippen molar-refractivity contribution in [2.24, 2.45) is 0 Å². The van der Waals surface area contributed by atoms with Crippen LogP contribution in [0.1, 0.15) is 21.5 Å². The zero-order valence-corrected chi connectivity index (χ0v) is 18.5. The fourth-order valence-electron chi connectivity index (χ4n) is 4.03. The third kappa shape index (κ3) is 4.44. The van der Waals surface area contributed by atoms with E-state index in [9.17, 15) is 9.59 Å². The first kappa shape index (κ1) is 21.5. The van der Waals surface area contributed by atoms with E-state index in [1.54, 1.807) is 18.2 Å². The van der Waals surface area contributed by atoms with Gasteiger partial charge >= 0.3 is 0 Å². The topological polar surface area (TPSA) is 90.8 Å². The Morgan fingerprint density at radius 2 is 1.74 bits per heavy atom. The molecular weight excluding hydrogens is 434 g/mol. The van der Waals surface area contributed by atoms with Crippen LogP contribution < -0.4 is 20.3 Å². The maximum atomic E-state index is 13.2. The van der Waals surface area contributed by atoms with Crippen LogP contribution in [-0.2, 0) is 22.6 Å². The second kappa shape index (κ2) is 9.29. The average Bonchev–Trinajstić information content (AvgIpc) is 3.45. The lowest BCUT2D eigenvalue weighted by molar-refractivity contribution is -0.130. The highest BCUT2D eigenvalue weighted by Gasteiger charge is 2.18. The monoisotopic (exact) mass is 457 g/mol. The van der Waals surface area contributed by atoms with E-state index in [4.69, 9.17) is 9.47 Å². The molecule has 0 saturated heterocycles. The van der Waals surface area contributed by atoms with Crippen LogP contribution >= 0.6 is 0 Å². The number of aromatic nitrogens is 1. The van der Waals surface area contributed by atoms with Gasteiger partial charge in [0.25, 0.3) is 5.91 Å². The second-order valence-corrected chi connectivity index (χ2v) is 7.93. The highest BCUT2D eigenvalue weighted by molar-refractivity contribution is 6.13. The van der Waals surface area contributed by atoms with Crippen molar-refractivity contribution < 1.29 is 23.9 Å². The minimum Gasteiger partial charge on any atom is -0.454 e. The SMILES string of the molecule is CONC(=O)Cc1ccc(Cn2cc(C(=O)Nc3ccc4c(c3)OCO4)c3ccccc32)cc1. The van der Waals surface area contributed by atoms with Crippen LogP contribution in [0, 0.1) is 0 Å². The number of anilines is 1. The molecule has 0 radical (unpaired) electrons. The lowest BCUT2D eigenvalue weighted by Gasteiger charge is -2.07. The number of hydrogen-bond acceptors (Lipinski definition) is 5. The third-order valence-electron chi connectivity index (χ3n) is 5.62. The Bertz CT molecular complexity index is 1360. The first-order valence-electron chi connectivity index (χ1n) is 10.8. The van der Waals surface area contributed by atoms with Crippen molar-refractivity contribution in [1.29, 1.82) is 0 Å². The molecule has 0 atom stereocenters. The summed E-state index contributed by atoms with van der Waals surface area (Å²) in [6.07, 6.45) is 2.11. The van der Waals surface area contributed by atoms with E-state index in [2.05, 4.69) is 20.2 Å². The molecule has 4 aromatic rings. The molecule has 5 rings (SSSR count). The number of para-hydroxylation sites is 1.